The van der Waals surface area contributed by atoms with Gasteiger partial charge in [-0.3, -0.25) is 0 Å². The number of hydrogen-bond donors (Lipinski definition) is 0. The smallest absolute Gasteiger partial charge is 0.433 e. The molecule has 1 aliphatic rings. The molecule has 10 heteroatoms. The molecule has 0 aromatic heterocycles. The van der Waals surface area contributed by atoms with Gasteiger partial charge < -0.3 is 14.2 Å². The van der Waals surface area contributed by atoms with E-state index in [0.29, 0.717) is 24.5 Å². The highest BCUT2D eigenvalue weighted by Gasteiger charge is 2.34. The van der Waals surface area contributed by atoms with Gasteiger partial charge in [0.15, 0.2) is 11.6 Å². The Labute approximate surface area is 205 Å². The summed E-state index contributed by atoms with van der Waals surface area (Å²) in [7, 11) is 0. The lowest BCUT2D eigenvalue weighted by molar-refractivity contribution is -0.275. The van der Waals surface area contributed by atoms with Gasteiger partial charge in [-0.05, 0) is 54.7 Å². The van der Waals surface area contributed by atoms with Crippen LogP contribution < -0.4 is 14.2 Å². The lowest BCUT2D eigenvalue weighted by Crippen LogP contribution is -2.26. The van der Waals surface area contributed by atoms with Crippen molar-refractivity contribution in [3.05, 3.63) is 53.8 Å². The monoisotopic (exact) mass is 518 g/mol. The normalized spacial score (nSPS) is 18.5. The van der Waals surface area contributed by atoms with Crippen LogP contribution >= 0.6 is 0 Å². The number of carbonyl (C=O) groups excluding carboxylic acids is 1. The maximum Gasteiger partial charge on any atom is 0.573 e. The van der Waals surface area contributed by atoms with Gasteiger partial charge in [0.25, 0.3) is 0 Å². The number of rotatable bonds is 10. The molecule has 0 bridgehead atoms. The van der Waals surface area contributed by atoms with Crippen molar-refractivity contribution in [2.24, 2.45) is 11.8 Å². The van der Waals surface area contributed by atoms with E-state index < -0.39 is 36.4 Å². The molecule has 3 rings (SSSR count). The summed E-state index contributed by atoms with van der Waals surface area (Å²) in [4.78, 5) is 12.2. The number of halogens is 6. The molecule has 36 heavy (non-hydrogen) atoms. The summed E-state index contributed by atoms with van der Waals surface area (Å²) in [6.45, 7) is 2.15. The van der Waals surface area contributed by atoms with E-state index in [1.54, 1.807) is 0 Å². The van der Waals surface area contributed by atoms with Crippen LogP contribution in [-0.4, -0.2) is 18.4 Å². The molecule has 1 fully saturated rings. The number of ether oxygens (including phenoxy) is 3. The van der Waals surface area contributed by atoms with E-state index >= 15 is 0 Å². The summed E-state index contributed by atoms with van der Waals surface area (Å²) in [6, 6.07) is 6.91. The van der Waals surface area contributed by atoms with Gasteiger partial charge in [0.1, 0.15) is 11.5 Å². The van der Waals surface area contributed by atoms with E-state index in [4.69, 9.17) is 9.47 Å². The molecule has 0 spiro atoms. The van der Waals surface area contributed by atoms with Crippen LogP contribution in [0.25, 0.3) is 0 Å². The molecule has 0 N–H and O–H groups in total. The Bertz CT molecular complexity index is 998. The van der Waals surface area contributed by atoms with Crippen molar-refractivity contribution in [2.75, 3.05) is 0 Å². The van der Waals surface area contributed by atoms with Crippen LogP contribution in [-0.2, 0) is 0 Å². The molecule has 0 atom stereocenters. The predicted octanol–water partition coefficient (Wildman–Crippen LogP) is 8.30. The van der Waals surface area contributed by atoms with E-state index in [-0.39, 0.29) is 23.0 Å². The van der Waals surface area contributed by atoms with Gasteiger partial charge in [-0.15, -0.1) is 13.2 Å². The van der Waals surface area contributed by atoms with Gasteiger partial charge in [-0.25, -0.2) is 9.18 Å². The van der Waals surface area contributed by atoms with Gasteiger partial charge in [-0.1, -0.05) is 45.4 Å². The predicted molar refractivity (Wildman–Crippen MR) is 120 cm³/mol. The molecule has 0 aliphatic heterocycles. The Balaban J connectivity index is 1.49. The van der Waals surface area contributed by atoms with Gasteiger partial charge in [0, 0.05) is 6.07 Å². The van der Waals surface area contributed by atoms with Gasteiger partial charge in [-0.2, -0.15) is 8.78 Å². The second-order valence-corrected chi connectivity index (χ2v) is 9.01. The van der Waals surface area contributed by atoms with Gasteiger partial charge in [0.05, 0.1) is 12.0 Å². The summed E-state index contributed by atoms with van der Waals surface area (Å²) in [5.74, 6) is -2.94. The number of hydrogen-bond acceptors (Lipinski definition) is 4. The highest BCUT2D eigenvalue weighted by molar-refractivity contribution is 5.91. The zero-order chi connectivity index (χ0) is 26.3. The molecule has 1 saturated carbocycles. The first-order valence-electron chi connectivity index (χ1n) is 11.9. The maximum absolute atomic E-state index is 14.4. The summed E-state index contributed by atoms with van der Waals surface area (Å²) < 4.78 is 92.4. The number of esters is 1. The summed E-state index contributed by atoms with van der Waals surface area (Å²) >= 11 is 0. The molecule has 0 saturated heterocycles. The van der Waals surface area contributed by atoms with Crippen molar-refractivity contribution in [1.29, 1.82) is 0 Å². The second-order valence-electron chi connectivity index (χ2n) is 9.01. The molecule has 2 aromatic rings. The van der Waals surface area contributed by atoms with Gasteiger partial charge in [0.2, 0.25) is 0 Å². The Morgan fingerprint density at radius 2 is 1.44 bits per heavy atom. The minimum absolute atomic E-state index is 0.0504. The van der Waals surface area contributed by atoms with E-state index in [9.17, 15) is 31.1 Å². The van der Waals surface area contributed by atoms with Crippen molar-refractivity contribution < 1.29 is 45.3 Å². The fourth-order valence-electron chi connectivity index (χ4n) is 4.39. The number of benzene rings is 2. The summed E-state index contributed by atoms with van der Waals surface area (Å²) in [6.07, 6.45) is -2.05. The third kappa shape index (κ3) is 8.64. The van der Waals surface area contributed by atoms with Gasteiger partial charge >= 0.3 is 18.4 Å². The maximum atomic E-state index is 14.4. The molecular formula is C26H28F6O4. The first-order valence-corrected chi connectivity index (χ1v) is 11.9. The van der Waals surface area contributed by atoms with E-state index in [1.807, 2.05) is 0 Å². The van der Waals surface area contributed by atoms with Crippen molar-refractivity contribution >= 4 is 5.97 Å². The molecule has 0 amide bonds. The topological polar surface area (TPSA) is 44.8 Å². The molecule has 0 radical (unpaired) electrons. The Kier molecular flexibility index (Phi) is 9.13. The standard InChI is InChI=1S/C26H28F6O4/c1-2-3-17-4-6-18(7-5-17)14-15-25(28,29)35-20-10-8-19(9-11-20)24(33)34-21-12-13-23(22(27)16-21)36-26(30,31)32/h8-13,16-18H,2-7,14-15H2,1H3. The third-order valence-electron chi connectivity index (χ3n) is 6.20. The van der Waals surface area contributed by atoms with Crippen LogP contribution in [0.1, 0.15) is 68.6 Å². The number of carbonyl (C=O) groups is 1. The first kappa shape index (κ1) is 27.7. The Hall–Kier alpha value is -2.91. The summed E-state index contributed by atoms with van der Waals surface area (Å²) in [5, 5.41) is 0. The Morgan fingerprint density at radius 3 is 2.00 bits per heavy atom. The van der Waals surface area contributed by atoms with E-state index in [2.05, 4.69) is 11.7 Å². The summed E-state index contributed by atoms with van der Waals surface area (Å²) in [5.41, 5.74) is -0.0504. The third-order valence-corrected chi connectivity index (χ3v) is 6.20. The lowest BCUT2D eigenvalue weighted by Gasteiger charge is -2.29. The van der Waals surface area contributed by atoms with Crippen molar-refractivity contribution in [3.63, 3.8) is 0 Å². The zero-order valence-corrected chi connectivity index (χ0v) is 19.8. The molecular weight excluding hydrogens is 490 g/mol. The minimum atomic E-state index is -5.08. The van der Waals surface area contributed by atoms with Crippen molar-refractivity contribution in [1.82, 2.24) is 0 Å². The second kappa shape index (κ2) is 11.9. The molecule has 198 valence electrons. The van der Waals surface area contributed by atoms with Crippen LogP contribution in [0, 0.1) is 17.7 Å². The SMILES string of the molecule is CCCC1CCC(CCC(F)(F)Oc2ccc(C(=O)Oc3ccc(OC(F)(F)F)c(F)c3)cc2)CC1. The Morgan fingerprint density at radius 1 is 0.861 bits per heavy atom. The molecule has 0 unspecified atom stereocenters. The van der Waals surface area contributed by atoms with Crippen LogP contribution in [0.2, 0.25) is 0 Å². The van der Waals surface area contributed by atoms with E-state index in [1.165, 1.54) is 30.7 Å². The van der Waals surface area contributed by atoms with Crippen molar-refractivity contribution in [2.45, 2.75) is 70.8 Å². The fourth-order valence-corrected chi connectivity index (χ4v) is 4.39. The molecule has 2 aromatic carbocycles. The highest BCUT2D eigenvalue weighted by Crippen LogP contribution is 2.36. The average molecular weight is 518 g/mol. The lowest BCUT2D eigenvalue weighted by atomic mass is 9.78. The van der Waals surface area contributed by atoms with Crippen molar-refractivity contribution in [3.8, 4) is 17.2 Å². The minimum Gasteiger partial charge on any atom is -0.433 e. The fraction of sp³-hybridized carbons (Fsp3) is 0.500. The number of alkyl halides is 5. The van der Waals surface area contributed by atoms with E-state index in [0.717, 1.165) is 38.2 Å². The van der Waals surface area contributed by atoms with Crippen LogP contribution in [0.15, 0.2) is 42.5 Å². The highest BCUT2D eigenvalue weighted by atomic mass is 19.4. The molecule has 4 nitrogen and oxygen atoms in total. The molecule has 0 heterocycles. The largest absolute Gasteiger partial charge is 0.573 e. The van der Waals surface area contributed by atoms with Crippen LogP contribution in [0.5, 0.6) is 17.2 Å². The van der Waals surface area contributed by atoms with Crippen LogP contribution in [0.4, 0.5) is 26.3 Å². The molecule has 1 aliphatic carbocycles. The average Bonchev–Trinajstić information content (AvgIpc) is 2.80. The quantitative estimate of drug-likeness (QED) is 0.180. The first-order chi connectivity index (χ1) is 16.9. The van der Waals surface area contributed by atoms with Crippen LogP contribution in [0.3, 0.4) is 0 Å². The zero-order valence-electron chi connectivity index (χ0n) is 19.8.